The second-order valence-electron chi connectivity index (χ2n) is 3.89. The van der Waals surface area contributed by atoms with E-state index in [1.807, 2.05) is 13.8 Å². The third kappa shape index (κ3) is 3.53. The van der Waals surface area contributed by atoms with Crippen molar-refractivity contribution in [3.8, 4) is 0 Å². The average Bonchev–Trinajstić information content (AvgIpc) is 2.20. The Morgan fingerprint density at radius 2 is 1.43 bits per heavy atom. The van der Waals surface area contributed by atoms with Crippen LogP contribution in [0.4, 0.5) is 0 Å². The molecule has 0 N–H and O–H groups in total. The zero-order valence-corrected chi connectivity index (χ0v) is 10.5. The van der Waals surface area contributed by atoms with Crippen LogP contribution >= 0.6 is 0 Å². The molecule has 1 rings (SSSR count). The highest BCUT2D eigenvalue weighted by Gasteiger charge is 2.10. The van der Waals surface area contributed by atoms with E-state index in [1.165, 1.54) is 11.1 Å². The molecule has 0 nitrogen and oxygen atoms in total. The molecule has 0 saturated heterocycles. The summed E-state index contributed by atoms with van der Waals surface area (Å²) in [5.74, 6) is 1.40. The summed E-state index contributed by atoms with van der Waals surface area (Å²) in [6.07, 6.45) is 0. The molecule has 0 saturated carbocycles. The fraction of sp³-hybridized carbons (Fsp3) is 0.571. The first-order valence-electron chi connectivity index (χ1n) is 5.68. The summed E-state index contributed by atoms with van der Waals surface area (Å²) in [4.78, 5) is 0. The second kappa shape index (κ2) is 6.64. The summed E-state index contributed by atoms with van der Waals surface area (Å²) in [6.45, 7) is 13.0. The Morgan fingerprint density at radius 1 is 0.929 bits per heavy atom. The molecule has 1 atom stereocenters. The van der Waals surface area contributed by atoms with Crippen molar-refractivity contribution in [1.29, 1.82) is 0 Å². The predicted molar refractivity (Wildman–Crippen MR) is 65.8 cm³/mol. The van der Waals surface area contributed by atoms with E-state index in [4.69, 9.17) is 0 Å². The van der Waals surface area contributed by atoms with Crippen LogP contribution in [0.25, 0.3) is 0 Å². The van der Waals surface area contributed by atoms with Crippen molar-refractivity contribution in [1.82, 2.24) is 0 Å². The van der Waals surface area contributed by atoms with Gasteiger partial charge in [-0.1, -0.05) is 58.9 Å². The van der Waals surface area contributed by atoms with Crippen molar-refractivity contribution >= 4 is 0 Å². The van der Waals surface area contributed by atoms with E-state index in [1.54, 1.807) is 0 Å². The zero-order chi connectivity index (χ0) is 11.1. The lowest BCUT2D eigenvalue weighted by atomic mass is 9.88. The molecule has 1 aromatic rings. The van der Waals surface area contributed by atoms with Crippen LogP contribution in [0.2, 0.25) is 0 Å². The van der Waals surface area contributed by atoms with E-state index in [2.05, 4.69) is 52.0 Å². The Balaban J connectivity index is 0.000000791. The SMILES string of the molecule is CC.Cc1ccccc1C(C)C(C)C. The molecule has 0 bridgehead atoms. The van der Waals surface area contributed by atoms with Crippen LogP contribution in [-0.4, -0.2) is 0 Å². The molecule has 0 spiro atoms. The Labute approximate surface area is 89.4 Å². The van der Waals surface area contributed by atoms with Gasteiger partial charge >= 0.3 is 0 Å². The van der Waals surface area contributed by atoms with Crippen LogP contribution in [0.3, 0.4) is 0 Å². The molecule has 0 radical (unpaired) electrons. The molecule has 0 aliphatic heterocycles. The van der Waals surface area contributed by atoms with Crippen LogP contribution in [0.1, 0.15) is 51.7 Å². The molecule has 0 heterocycles. The minimum Gasteiger partial charge on any atom is -0.0683 e. The van der Waals surface area contributed by atoms with E-state index in [0.717, 1.165) is 5.92 Å². The highest BCUT2D eigenvalue weighted by atomic mass is 14.2. The van der Waals surface area contributed by atoms with Crippen molar-refractivity contribution in [3.05, 3.63) is 35.4 Å². The minimum atomic E-state index is 0.672. The molecule has 1 aromatic carbocycles. The summed E-state index contributed by atoms with van der Waals surface area (Å²) in [7, 11) is 0. The first-order chi connectivity index (χ1) is 6.63. The third-order valence-corrected chi connectivity index (χ3v) is 2.68. The van der Waals surface area contributed by atoms with E-state index >= 15 is 0 Å². The van der Waals surface area contributed by atoms with Gasteiger partial charge in [-0.25, -0.2) is 0 Å². The van der Waals surface area contributed by atoms with Gasteiger partial charge < -0.3 is 0 Å². The van der Waals surface area contributed by atoms with Crippen LogP contribution < -0.4 is 0 Å². The van der Waals surface area contributed by atoms with Gasteiger partial charge in [0.15, 0.2) is 0 Å². The number of hydrogen-bond acceptors (Lipinski definition) is 0. The quantitative estimate of drug-likeness (QED) is 0.632. The topological polar surface area (TPSA) is 0 Å². The van der Waals surface area contributed by atoms with Gasteiger partial charge in [-0.3, -0.25) is 0 Å². The summed E-state index contributed by atoms with van der Waals surface area (Å²) in [6, 6.07) is 8.65. The van der Waals surface area contributed by atoms with Crippen LogP contribution in [-0.2, 0) is 0 Å². The molecule has 1 unspecified atom stereocenters. The summed E-state index contributed by atoms with van der Waals surface area (Å²) in [5.41, 5.74) is 2.91. The fourth-order valence-corrected chi connectivity index (χ4v) is 1.46. The molecular formula is C14H24. The molecule has 0 fully saturated rings. The zero-order valence-electron chi connectivity index (χ0n) is 10.5. The number of hydrogen-bond donors (Lipinski definition) is 0. The van der Waals surface area contributed by atoms with Crippen molar-refractivity contribution in [2.24, 2.45) is 5.92 Å². The number of aryl methyl sites for hydroxylation is 1. The van der Waals surface area contributed by atoms with Crippen LogP contribution in [0, 0.1) is 12.8 Å². The third-order valence-electron chi connectivity index (χ3n) is 2.68. The van der Waals surface area contributed by atoms with Gasteiger partial charge in [0.1, 0.15) is 0 Å². The summed E-state index contributed by atoms with van der Waals surface area (Å²) < 4.78 is 0. The van der Waals surface area contributed by atoms with Crippen molar-refractivity contribution in [2.45, 2.75) is 47.5 Å². The minimum absolute atomic E-state index is 0.672. The van der Waals surface area contributed by atoms with Gasteiger partial charge in [-0.15, -0.1) is 0 Å². The lowest BCUT2D eigenvalue weighted by Gasteiger charge is -2.17. The van der Waals surface area contributed by atoms with Crippen LogP contribution in [0.5, 0.6) is 0 Å². The van der Waals surface area contributed by atoms with Gasteiger partial charge in [0.25, 0.3) is 0 Å². The maximum Gasteiger partial charge on any atom is -0.0165 e. The average molecular weight is 192 g/mol. The maximum atomic E-state index is 2.30. The van der Waals surface area contributed by atoms with Gasteiger partial charge in [0.2, 0.25) is 0 Å². The highest BCUT2D eigenvalue weighted by Crippen LogP contribution is 2.25. The Hall–Kier alpha value is -0.780. The number of rotatable bonds is 2. The van der Waals surface area contributed by atoms with Crippen molar-refractivity contribution in [3.63, 3.8) is 0 Å². The molecule has 0 aromatic heterocycles. The van der Waals surface area contributed by atoms with Gasteiger partial charge in [-0.05, 0) is 29.9 Å². The second-order valence-corrected chi connectivity index (χ2v) is 3.89. The Morgan fingerprint density at radius 3 is 1.86 bits per heavy atom. The largest absolute Gasteiger partial charge is 0.0683 e. The van der Waals surface area contributed by atoms with Crippen LogP contribution in [0.15, 0.2) is 24.3 Å². The monoisotopic (exact) mass is 192 g/mol. The molecule has 0 aliphatic rings. The van der Waals surface area contributed by atoms with Gasteiger partial charge in [-0.2, -0.15) is 0 Å². The molecule has 80 valence electrons. The Bertz CT molecular complexity index is 248. The lowest BCUT2D eigenvalue weighted by Crippen LogP contribution is -2.03. The molecule has 14 heavy (non-hydrogen) atoms. The molecule has 0 heteroatoms. The normalized spacial score (nSPS) is 11.9. The summed E-state index contributed by atoms with van der Waals surface area (Å²) >= 11 is 0. The van der Waals surface area contributed by atoms with Gasteiger partial charge in [0, 0.05) is 0 Å². The van der Waals surface area contributed by atoms with Crippen molar-refractivity contribution < 1.29 is 0 Å². The predicted octanol–water partition coefficient (Wildman–Crippen LogP) is 4.78. The van der Waals surface area contributed by atoms with E-state index in [-0.39, 0.29) is 0 Å². The van der Waals surface area contributed by atoms with E-state index in [0.29, 0.717) is 5.92 Å². The standard InChI is InChI=1S/C12H18.C2H6/c1-9(2)11(4)12-8-6-5-7-10(12)3;1-2/h5-9,11H,1-4H3;1-2H3. The molecule has 0 amide bonds. The van der Waals surface area contributed by atoms with E-state index < -0.39 is 0 Å². The Kier molecular flexibility index (Phi) is 6.27. The smallest absolute Gasteiger partial charge is 0.0165 e. The molecule has 0 aliphatic carbocycles. The summed E-state index contributed by atoms with van der Waals surface area (Å²) in [5, 5.41) is 0. The van der Waals surface area contributed by atoms with Gasteiger partial charge in [0.05, 0.1) is 0 Å². The fourth-order valence-electron chi connectivity index (χ4n) is 1.46. The van der Waals surface area contributed by atoms with E-state index in [9.17, 15) is 0 Å². The first-order valence-corrected chi connectivity index (χ1v) is 5.68. The lowest BCUT2D eigenvalue weighted by molar-refractivity contribution is 0.533. The number of benzene rings is 1. The molecular weight excluding hydrogens is 168 g/mol. The highest BCUT2D eigenvalue weighted by molar-refractivity contribution is 5.28. The van der Waals surface area contributed by atoms with Crippen molar-refractivity contribution in [2.75, 3.05) is 0 Å². The maximum absolute atomic E-state index is 2.30. The first kappa shape index (κ1) is 13.2.